The maximum Gasteiger partial charge on any atom is 0.327 e. The van der Waals surface area contributed by atoms with E-state index >= 15 is 0 Å². The summed E-state index contributed by atoms with van der Waals surface area (Å²) in [6.07, 6.45) is 0.876. The summed E-state index contributed by atoms with van der Waals surface area (Å²) in [4.78, 5) is 25.7. The van der Waals surface area contributed by atoms with Crippen LogP contribution < -0.4 is 0 Å². The lowest BCUT2D eigenvalue weighted by molar-refractivity contribution is -0.140. The van der Waals surface area contributed by atoms with E-state index in [1.54, 1.807) is 11.9 Å². The van der Waals surface area contributed by atoms with Crippen molar-refractivity contribution in [2.75, 3.05) is 25.2 Å². The van der Waals surface area contributed by atoms with Gasteiger partial charge >= 0.3 is 12.0 Å². The molecule has 1 atom stereocenters. The van der Waals surface area contributed by atoms with E-state index in [-0.39, 0.29) is 6.03 Å². The highest BCUT2D eigenvalue weighted by Crippen LogP contribution is 2.22. The highest BCUT2D eigenvalue weighted by Gasteiger charge is 2.35. The number of amides is 2. The van der Waals surface area contributed by atoms with Crippen LogP contribution in [0.3, 0.4) is 0 Å². The van der Waals surface area contributed by atoms with Gasteiger partial charge in [-0.15, -0.1) is 11.8 Å². The summed E-state index contributed by atoms with van der Waals surface area (Å²) in [5, 5.41) is 8.92. The number of carbonyl (C=O) groups is 2. The van der Waals surface area contributed by atoms with Crippen molar-refractivity contribution in [1.29, 1.82) is 0 Å². The Hall–Kier alpha value is -0.910. The van der Waals surface area contributed by atoms with Gasteiger partial charge in [0.25, 0.3) is 0 Å². The lowest BCUT2D eigenvalue weighted by Gasteiger charge is -2.26. The molecular formula is C9H16N2O3S. The number of hydrogen-bond acceptors (Lipinski definition) is 3. The topological polar surface area (TPSA) is 60.9 Å². The van der Waals surface area contributed by atoms with E-state index in [4.69, 9.17) is 5.11 Å². The van der Waals surface area contributed by atoms with Gasteiger partial charge in [-0.3, -0.25) is 0 Å². The fourth-order valence-corrected chi connectivity index (χ4v) is 2.62. The van der Waals surface area contributed by atoms with Crippen molar-refractivity contribution >= 4 is 23.8 Å². The van der Waals surface area contributed by atoms with Gasteiger partial charge in [-0.05, 0) is 6.42 Å². The lowest BCUT2D eigenvalue weighted by Crippen LogP contribution is -2.47. The summed E-state index contributed by atoms with van der Waals surface area (Å²) in [7, 11) is 1.70. The van der Waals surface area contributed by atoms with Gasteiger partial charge in [0, 0.05) is 19.3 Å². The molecule has 2 amide bonds. The van der Waals surface area contributed by atoms with Gasteiger partial charge in [-0.1, -0.05) is 6.92 Å². The Morgan fingerprint density at radius 2 is 2.27 bits per heavy atom. The zero-order valence-electron chi connectivity index (χ0n) is 8.97. The second kappa shape index (κ2) is 5.25. The average molecular weight is 232 g/mol. The summed E-state index contributed by atoms with van der Waals surface area (Å²) in [5.74, 6) is 0.0449. The zero-order valence-corrected chi connectivity index (χ0v) is 9.79. The van der Waals surface area contributed by atoms with E-state index < -0.39 is 12.0 Å². The van der Waals surface area contributed by atoms with Crippen LogP contribution in [0.2, 0.25) is 0 Å². The van der Waals surface area contributed by atoms with Crippen molar-refractivity contribution < 1.29 is 14.7 Å². The van der Waals surface area contributed by atoms with Crippen molar-refractivity contribution in [2.24, 2.45) is 0 Å². The summed E-state index contributed by atoms with van der Waals surface area (Å²) >= 11 is 1.48. The molecule has 0 radical (unpaired) electrons. The van der Waals surface area contributed by atoms with Gasteiger partial charge < -0.3 is 14.9 Å². The predicted octanol–water partition coefficient (Wildman–Crippen LogP) is 0.908. The van der Waals surface area contributed by atoms with Gasteiger partial charge in [0.2, 0.25) is 0 Å². The molecular weight excluding hydrogens is 216 g/mol. The first kappa shape index (κ1) is 12.2. The van der Waals surface area contributed by atoms with Crippen molar-refractivity contribution in [3.63, 3.8) is 0 Å². The Morgan fingerprint density at radius 3 is 2.80 bits per heavy atom. The molecule has 1 aliphatic heterocycles. The lowest BCUT2D eigenvalue weighted by atomic mass is 10.3. The normalized spacial score (nSPS) is 20.4. The highest BCUT2D eigenvalue weighted by molar-refractivity contribution is 7.99. The third-order valence-corrected chi connectivity index (χ3v) is 3.31. The Labute approximate surface area is 93.4 Å². The van der Waals surface area contributed by atoms with Crippen molar-refractivity contribution in [1.82, 2.24) is 9.80 Å². The Bertz CT molecular complexity index is 260. The number of rotatable bonds is 3. The fraction of sp³-hybridized carbons (Fsp3) is 0.778. The quantitative estimate of drug-likeness (QED) is 0.785. The number of urea groups is 1. The van der Waals surface area contributed by atoms with Crippen molar-refractivity contribution in [2.45, 2.75) is 19.4 Å². The standard InChI is InChI=1S/C9H16N2O3S/c1-3-4-10(2)9(14)11-6-15-5-7(11)8(12)13/h7H,3-6H2,1-2H3,(H,12,13). The van der Waals surface area contributed by atoms with E-state index in [0.29, 0.717) is 18.2 Å². The third kappa shape index (κ3) is 2.77. The molecule has 1 heterocycles. The largest absolute Gasteiger partial charge is 0.480 e. The first-order valence-electron chi connectivity index (χ1n) is 4.90. The van der Waals surface area contributed by atoms with Crippen LogP contribution >= 0.6 is 11.8 Å². The van der Waals surface area contributed by atoms with E-state index in [0.717, 1.165) is 6.42 Å². The monoisotopic (exact) mass is 232 g/mol. The zero-order chi connectivity index (χ0) is 11.4. The molecule has 0 aromatic rings. The minimum Gasteiger partial charge on any atom is -0.480 e. The molecule has 6 heteroatoms. The number of carbonyl (C=O) groups excluding carboxylic acids is 1. The van der Waals surface area contributed by atoms with Gasteiger partial charge in [0.15, 0.2) is 0 Å². The van der Waals surface area contributed by atoms with Gasteiger partial charge in [0.05, 0.1) is 5.88 Å². The predicted molar refractivity (Wildman–Crippen MR) is 58.9 cm³/mol. The minimum absolute atomic E-state index is 0.186. The third-order valence-electron chi connectivity index (χ3n) is 2.30. The molecule has 0 spiro atoms. The molecule has 86 valence electrons. The fourth-order valence-electron chi connectivity index (χ4n) is 1.49. The number of thioether (sulfide) groups is 1. The second-order valence-electron chi connectivity index (χ2n) is 3.53. The van der Waals surface area contributed by atoms with E-state index in [1.165, 1.54) is 16.7 Å². The van der Waals surface area contributed by atoms with Crippen molar-refractivity contribution in [3.8, 4) is 0 Å². The summed E-state index contributed by atoms with van der Waals surface area (Å²) in [5.41, 5.74) is 0. The Balaban J connectivity index is 2.62. The number of aliphatic carboxylic acids is 1. The van der Waals surface area contributed by atoms with Crippen LogP contribution in [-0.2, 0) is 4.79 Å². The highest BCUT2D eigenvalue weighted by atomic mass is 32.2. The summed E-state index contributed by atoms with van der Waals surface area (Å²) in [6.45, 7) is 2.64. The van der Waals surface area contributed by atoms with Gasteiger partial charge in [0.1, 0.15) is 6.04 Å². The van der Waals surface area contributed by atoms with E-state index in [2.05, 4.69) is 0 Å². The second-order valence-corrected chi connectivity index (χ2v) is 4.53. The molecule has 1 rings (SSSR count). The molecule has 15 heavy (non-hydrogen) atoms. The average Bonchev–Trinajstić information content (AvgIpc) is 2.65. The minimum atomic E-state index is -0.918. The number of hydrogen-bond donors (Lipinski definition) is 1. The van der Waals surface area contributed by atoms with E-state index in [9.17, 15) is 9.59 Å². The molecule has 5 nitrogen and oxygen atoms in total. The van der Waals surface area contributed by atoms with Crippen LogP contribution in [0.5, 0.6) is 0 Å². The molecule has 0 bridgehead atoms. The summed E-state index contributed by atoms with van der Waals surface area (Å²) in [6, 6.07) is -0.851. The molecule has 1 N–H and O–H groups in total. The SMILES string of the molecule is CCCN(C)C(=O)N1CSCC1C(=O)O. The van der Waals surface area contributed by atoms with Gasteiger partial charge in [-0.2, -0.15) is 0 Å². The molecule has 0 aromatic heterocycles. The smallest absolute Gasteiger partial charge is 0.327 e. The maximum atomic E-state index is 11.8. The number of carboxylic acids is 1. The van der Waals surface area contributed by atoms with Crippen LogP contribution in [0.1, 0.15) is 13.3 Å². The number of carboxylic acid groups (broad SMARTS) is 1. The van der Waals surface area contributed by atoms with Crippen molar-refractivity contribution in [3.05, 3.63) is 0 Å². The molecule has 1 fully saturated rings. The van der Waals surface area contributed by atoms with Crippen LogP contribution in [-0.4, -0.2) is 58.2 Å². The molecule has 1 aliphatic rings. The van der Waals surface area contributed by atoms with Crippen LogP contribution in [0.15, 0.2) is 0 Å². The molecule has 0 saturated carbocycles. The molecule has 0 aromatic carbocycles. The molecule has 1 unspecified atom stereocenters. The Morgan fingerprint density at radius 1 is 1.60 bits per heavy atom. The van der Waals surface area contributed by atoms with Crippen LogP contribution in [0, 0.1) is 0 Å². The maximum absolute atomic E-state index is 11.8. The van der Waals surface area contributed by atoms with E-state index in [1.807, 2.05) is 6.92 Å². The Kier molecular flexibility index (Phi) is 4.26. The molecule has 1 saturated heterocycles. The molecule has 0 aliphatic carbocycles. The van der Waals surface area contributed by atoms with Crippen LogP contribution in [0.25, 0.3) is 0 Å². The van der Waals surface area contributed by atoms with Crippen LogP contribution in [0.4, 0.5) is 4.79 Å². The first-order chi connectivity index (χ1) is 7.07. The summed E-state index contributed by atoms with van der Waals surface area (Å²) < 4.78 is 0. The van der Waals surface area contributed by atoms with Gasteiger partial charge in [-0.25, -0.2) is 9.59 Å². The first-order valence-corrected chi connectivity index (χ1v) is 6.05. The number of nitrogens with zero attached hydrogens (tertiary/aromatic N) is 2.